The van der Waals surface area contributed by atoms with Crippen LogP contribution in [0.25, 0.3) is 22.1 Å². The molecule has 0 bridgehead atoms. The second-order valence-electron chi connectivity index (χ2n) is 4.43. The Kier molecular flexibility index (Phi) is 3.03. The first-order chi connectivity index (χ1) is 9.33. The van der Waals surface area contributed by atoms with Crippen molar-refractivity contribution >= 4 is 22.1 Å². The molecule has 0 spiro atoms. The molecule has 0 saturated carbocycles. The second-order valence-corrected chi connectivity index (χ2v) is 4.43. The first-order valence-corrected chi connectivity index (χ1v) is 6.68. The normalized spacial score (nSPS) is 11.1. The van der Waals surface area contributed by atoms with E-state index in [4.69, 9.17) is 9.72 Å². The molecule has 3 aromatic rings. The van der Waals surface area contributed by atoms with E-state index in [2.05, 4.69) is 35.8 Å². The Hall–Kier alpha value is -2.16. The summed E-state index contributed by atoms with van der Waals surface area (Å²) in [5.41, 5.74) is 4.31. The largest absolute Gasteiger partial charge is 0.494 e. The molecular formula is C16H17N2O+. The van der Waals surface area contributed by atoms with E-state index in [0.29, 0.717) is 6.61 Å². The van der Waals surface area contributed by atoms with Crippen LogP contribution in [0.5, 0.6) is 5.75 Å². The van der Waals surface area contributed by atoms with Gasteiger partial charge in [0.2, 0.25) is 11.0 Å². The molecule has 0 amide bonds. The zero-order chi connectivity index (χ0) is 13.2. The minimum Gasteiger partial charge on any atom is -0.494 e. The van der Waals surface area contributed by atoms with Gasteiger partial charge in [-0.2, -0.15) is 4.57 Å². The van der Waals surface area contributed by atoms with Crippen molar-refractivity contribution in [2.24, 2.45) is 0 Å². The summed E-state index contributed by atoms with van der Waals surface area (Å²) < 4.78 is 7.86. The van der Waals surface area contributed by atoms with Gasteiger partial charge in [0, 0.05) is 6.07 Å². The second kappa shape index (κ2) is 4.84. The lowest BCUT2D eigenvalue weighted by Crippen LogP contribution is -2.34. The standard InChI is InChI=1S/C16H17N2O/c1-3-18-15-8-6-5-7-13(15)17-14-10-9-12(19-4-2)11-16(14)18/h5-11H,3-4H2,1-2H3/q+1. The molecule has 3 rings (SSSR count). The van der Waals surface area contributed by atoms with Crippen molar-refractivity contribution < 1.29 is 9.30 Å². The van der Waals surface area contributed by atoms with Gasteiger partial charge in [0.05, 0.1) is 12.7 Å². The molecule has 0 aliphatic rings. The molecule has 0 unspecified atom stereocenters. The Balaban J connectivity index is 2.36. The fourth-order valence-corrected chi connectivity index (χ4v) is 2.46. The van der Waals surface area contributed by atoms with Crippen LogP contribution >= 0.6 is 0 Å². The predicted molar refractivity (Wildman–Crippen MR) is 76.3 cm³/mol. The minimum atomic E-state index is 0.679. The molecule has 19 heavy (non-hydrogen) atoms. The highest BCUT2D eigenvalue weighted by atomic mass is 16.5. The number of rotatable bonds is 3. The summed E-state index contributed by atoms with van der Waals surface area (Å²) in [6.45, 7) is 5.74. The number of benzene rings is 2. The summed E-state index contributed by atoms with van der Waals surface area (Å²) in [5.74, 6) is 0.897. The number of ether oxygens (including phenoxy) is 1. The van der Waals surface area contributed by atoms with Gasteiger partial charge in [-0.25, -0.2) is 4.98 Å². The zero-order valence-electron chi connectivity index (χ0n) is 11.3. The zero-order valence-corrected chi connectivity index (χ0v) is 11.3. The molecule has 2 aromatic carbocycles. The summed E-state index contributed by atoms with van der Waals surface area (Å²) >= 11 is 0. The van der Waals surface area contributed by atoms with Gasteiger partial charge in [-0.05, 0) is 32.0 Å². The SMILES string of the molecule is CCOc1ccc2nc3ccccc3[n+](CC)c2c1. The summed E-state index contributed by atoms with van der Waals surface area (Å²) in [4.78, 5) is 4.71. The molecule has 0 aliphatic carbocycles. The first-order valence-electron chi connectivity index (χ1n) is 6.68. The van der Waals surface area contributed by atoms with Gasteiger partial charge in [-0.1, -0.05) is 12.1 Å². The van der Waals surface area contributed by atoms with Crippen molar-refractivity contribution in [1.82, 2.24) is 4.98 Å². The molecular weight excluding hydrogens is 236 g/mol. The molecule has 3 heteroatoms. The number of aryl methyl sites for hydroxylation is 1. The van der Waals surface area contributed by atoms with Crippen molar-refractivity contribution in [3.8, 4) is 5.75 Å². The van der Waals surface area contributed by atoms with Crippen LogP contribution < -0.4 is 9.30 Å². The van der Waals surface area contributed by atoms with Crippen LogP contribution in [0.15, 0.2) is 42.5 Å². The molecule has 0 N–H and O–H groups in total. The van der Waals surface area contributed by atoms with Gasteiger partial charge in [0.25, 0.3) is 0 Å². The number of aromatic nitrogens is 2. The molecule has 0 atom stereocenters. The van der Waals surface area contributed by atoms with E-state index in [-0.39, 0.29) is 0 Å². The third kappa shape index (κ3) is 2.01. The van der Waals surface area contributed by atoms with Crippen LogP contribution in [-0.2, 0) is 6.54 Å². The number of hydrogen-bond acceptors (Lipinski definition) is 2. The maximum atomic E-state index is 5.58. The topological polar surface area (TPSA) is 26.0 Å². The van der Waals surface area contributed by atoms with Crippen LogP contribution in [0, 0.1) is 0 Å². The van der Waals surface area contributed by atoms with Gasteiger partial charge in [0.1, 0.15) is 23.3 Å². The van der Waals surface area contributed by atoms with E-state index in [1.54, 1.807) is 0 Å². The van der Waals surface area contributed by atoms with E-state index in [1.807, 2.05) is 25.1 Å². The van der Waals surface area contributed by atoms with Gasteiger partial charge in [-0.15, -0.1) is 0 Å². The molecule has 96 valence electrons. The lowest BCUT2D eigenvalue weighted by atomic mass is 10.2. The number of fused-ring (bicyclic) bond motifs is 2. The Morgan fingerprint density at radius 1 is 1.00 bits per heavy atom. The maximum absolute atomic E-state index is 5.58. The van der Waals surface area contributed by atoms with Crippen LogP contribution in [0.4, 0.5) is 0 Å². The Labute approximate surface area is 112 Å². The van der Waals surface area contributed by atoms with Crippen molar-refractivity contribution in [3.63, 3.8) is 0 Å². The van der Waals surface area contributed by atoms with Crippen LogP contribution in [0.2, 0.25) is 0 Å². The average Bonchev–Trinajstić information content (AvgIpc) is 2.45. The minimum absolute atomic E-state index is 0.679. The number of nitrogens with zero attached hydrogens (tertiary/aromatic N) is 2. The van der Waals surface area contributed by atoms with Crippen LogP contribution in [-0.4, -0.2) is 11.6 Å². The third-order valence-electron chi connectivity index (χ3n) is 3.28. The first kappa shape index (κ1) is 11.9. The monoisotopic (exact) mass is 253 g/mol. The summed E-state index contributed by atoms with van der Waals surface area (Å²) in [6.07, 6.45) is 0. The summed E-state index contributed by atoms with van der Waals surface area (Å²) in [5, 5.41) is 0. The van der Waals surface area contributed by atoms with Crippen molar-refractivity contribution in [1.29, 1.82) is 0 Å². The Bertz CT molecular complexity index is 737. The third-order valence-corrected chi connectivity index (χ3v) is 3.28. The van der Waals surface area contributed by atoms with Gasteiger partial charge in [-0.3, -0.25) is 0 Å². The van der Waals surface area contributed by atoms with E-state index >= 15 is 0 Å². The maximum Gasteiger partial charge on any atom is 0.235 e. The van der Waals surface area contributed by atoms with E-state index in [9.17, 15) is 0 Å². The number of para-hydroxylation sites is 2. The lowest BCUT2D eigenvalue weighted by Gasteiger charge is -2.06. The van der Waals surface area contributed by atoms with E-state index in [0.717, 1.165) is 34.4 Å². The summed E-state index contributed by atoms with van der Waals surface area (Å²) in [6, 6.07) is 14.3. The molecule has 0 aliphatic heterocycles. The fraction of sp³-hybridized carbons (Fsp3) is 0.250. The highest BCUT2D eigenvalue weighted by Gasteiger charge is 2.15. The quantitative estimate of drug-likeness (QED) is 0.529. The Morgan fingerprint density at radius 3 is 2.58 bits per heavy atom. The van der Waals surface area contributed by atoms with Gasteiger partial charge < -0.3 is 4.74 Å². The predicted octanol–water partition coefficient (Wildman–Crippen LogP) is 3.09. The van der Waals surface area contributed by atoms with Crippen LogP contribution in [0.3, 0.4) is 0 Å². The van der Waals surface area contributed by atoms with Gasteiger partial charge >= 0.3 is 0 Å². The fourth-order valence-electron chi connectivity index (χ4n) is 2.46. The highest BCUT2D eigenvalue weighted by Crippen LogP contribution is 2.19. The van der Waals surface area contributed by atoms with Crippen molar-refractivity contribution in [3.05, 3.63) is 42.5 Å². The molecule has 0 radical (unpaired) electrons. The lowest BCUT2D eigenvalue weighted by molar-refractivity contribution is -0.641. The highest BCUT2D eigenvalue weighted by molar-refractivity contribution is 5.82. The van der Waals surface area contributed by atoms with E-state index < -0.39 is 0 Å². The van der Waals surface area contributed by atoms with E-state index in [1.165, 1.54) is 0 Å². The molecule has 0 saturated heterocycles. The number of hydrogen-bond donors (Lipinski definition) is 0. The van der Waals surface area contributed by atoms with Crippen LogP contribution in [0.1, 0.15) is 13.8 Å². The molecule has 1 heterocycles. The van der Waals surface area contributed by atoms with Crippen molar-refractivity contribution in [2.45, 2.75) is 20.4 Å². The average molecular weight is 253 g/mol. The molecule has 0 fully saturated rings. The summed E-state index contributed by atoms with van der Waals surface area (Å²) in [7, 11) is 0. The Morgan fingerprint density at radius 2 is 1.79 bits per heavy atom. The van der Waals surface area contributed by atoms with Gasteiger partial charge in [0.15, 0.2) is 0 Å². The smallest absolute Gasteiger partial charge is 0.235 e. The molecule has 3 nitrogen and oxygen atoms in total. The van der Waals surface area contributed by atoms with Crippen molar-refractivity contribution in [2.75, 3.05) is 6.61 Å². The molecule has 1 aromatic heterocycles.